The summed E-state index contributed by atoms with van der Waals surface area (Å²) in [7, 11) is 1.30. The van der Waals surface area contributed by atoms with Crippen LogP contribution < -0.4 is 11.1 Å². The highest BCUT2D eigenvalue weighted by Crippen LogP contribution is 2.43. The van der Waals surface area contributed by atoms with Crippen LogP contribution in [-0.2, 0) is 19.2 Å². The molecule has 3 saturated heterocycles. The van der Waals surface area contributed by atoms with Gasteiger partial charge in [-0.05, 0) is 0 Å². The van der Waals surface area contributed by atoms with E-state index >= 15 is 0 Å². The van der Waals surface area contributed by atoms with Crippen LogP contribution in [0, 0.1) is 0 Å². The highest BCUT2D eigenvalue weighted by atomic mass is 32.2. The molecule has 1 aromatic heterocycles. The Hall–Kier alpha value is -2.64. The summed E-state index contributed by atoms with van der Waals surface area (Å²) in [5, 5.41) is 17.8. The van der Waals surface area contributed by atoms with Crippen molar-refractivity contribution in [1.29, 1.82) is 0 Å². The summed E-state index contributed by atoms with van der Waals surface area (Å²) in [6.07, 6.45) is 4.72. The number of nitrogen functional groups attached to an aromatic ring is 1. The summed E-state index contributed by atoms with van der Waals surface area (Å²) in [4.78, 5) is 48.4. The van der Waals surface area contributed by atoms with Gasteiger partial charge < -0.3 is 25.5 Å². The Labute approximate surface area is 204 Å². The second-order valence-corrected chi connectivity index (χ2v) is 11.1. The third kappa shape index (κ3) is 3.75. The summed E-state index contributed by atoms with van der Waals surface area (Å²) in [5.41, 5.74) is 6.72. The minimum atomic E-state index is -1.09. The van der Waals surface area contributed by atoms with Crippen LogP contribution in [0.3, 0.4) is 0 Å². The number of aromatic nitrogens is 1. The average Bonchev–Trinajstić information content (AvgIpc) is 3.50. The van der Waals surface area contributed by atoms with Crippen molar-refractivity contribution in [3.63, 3.8) is 0 Å². The number of hydrogen-bond acceptors (Lipinski definition) is 9. The molecule has 0 saturated carbocycles. The SMILES string of the molecule is CO/N=C(\C(=O)N[C@@H]1C(=O)N2C(C(=O)O)=C(C[N+]34CCCC3CCC4)CS[C@H]12)c1csc(N)n1. The molecule has 34 heavy (non-hydrogen) atoms. The van der Waals surface area contributed by atoms with Gasteiger partial charge in [0.25, 0.3) is 11.8 Å². The summed E-state index contributed by atoms with van der Waals surface area (Å²) < 4.78 is 0.952. The number of thioether (sulfide) groups is 1. The molecule has 4 aliphatic rings. The number of β-lactam (4-membered cyclic amide) rings is 1. The van der Waals surface area contributed by atoms with Gasteiger partial charge in [-0.1, -0.05) is 5.16 Å². The second-order valence-electron chi connectivity index (χ2n) is 9.07. The quantitative estimate of drug-likeness (QED) is 0.210. The van der Waals surface area contributed by atoms with Gasteiger partial charge in [-0.15, -0.1) is 23.1 Å². The molecule has 1 aromatic rings. The maximum Gasteiger partial charge on any atom is 0.352 e. The van der Waals surface area contributed by atoms with Gasteiger partial charge in [0.05, 0.1) is 19.1 Å². The van der Waals surface area contributed by atoms with E-state index in [0.717, 1.165) is 34.5 Å². The first-order valence-electron chi connectivity index (χ1n) is 11.2. The number of amides is 2. The Balaban J connectivity index is 1.34. The predicted octanol–water partition coefficient (Wildman–Crippen LogP) is 0.587. The summed E-state index contributed by atoms with van der Waals surface area (Å²) in [6.45, 7) is 2.83. The molecule has 0 aromatic carbocycles. The zero-order chi connectivity index (χ0) is 24.0. The first-order chi connectivity index (χ1) is 16.3. The standard InChI is InChI=1S/C21H26N6O5S2/c1-32-25-14(13-10-34-21(22)23-13)17(28)24-15-18(29)26-16(20(30)31)11(9-33-19(15)26)8-27-6-2-4-12(27)5-3-7-27/h10,12,15,19H,2-9H2,1H3,(H3-,22,23,24,28,30,31)/p+1/b25-14-/t12?,15-,19-,27?/m1/s1. The van der Waals surface area contributed by atoms with Gasteiger partial charge >= 0.3 is 5.97 Å². The number of carbonyl (C=O) groups is 3. The molecule has 182 valence electrons. The molecule has 5 heterocycles. The number of aliphatic carboxylic acids is 1. The summed E-state index contributed by atoms with van der Waals surface area (Å²) in [5.74, 6) is -1.63. The molecule has 3 fully saturated rings. The van der Waals surface area contributed by atoms with Crippen molar-refractivity contribution >= 4 is 51.7 Å². The van der Waals surface area contributed by atoms with E-state index in [2.05, 4.69) is 15.5 Å². The topological polar surface area (TPSA) is 147 Å². The zero-order valence-electron chi connectivity index (χ0n) is 18.7. The molecule has 4 aliphatic heterocycles. The number of thiazole rings is 1. The lowest BCUT2D eigenvalue weighted by Gasteiger charge is -2.50. The fraction of sp³-hybridized carbons (Fsp3) is 0.571. The fourth-order valence-electron chi connectivity index (χ4n) is 5.83. The van der Waals surface area contributed by atoms with E-state index in [4.69, 9.17) is 10.6 Å². The molecule has 0 aliphatic carbocycles. The molecular formula is C21H27N6O5S2+. The van der Waals surface area contributed by atoms with Gasteiger partial charge in [-0.25, -0.2) is 9.78 Å². The Kier molecular flexibility index (Phi) is 6.02. The van der Waals surface area contributed by atoms with E-state index in [-0.39, 0.29) is 22.2 Å². The lowest BCUT2D eigenvalue weighted by atomic mass is 10.0. The van der Waals surface area contributed by atoms with Gasteiger partial charge in [-0.2, -0.15) is 0 Å². The van der Waals surface area contributed by atoms with Crippen molar-refractivity contribution in [2.45, 2.75) is 43.1 Å². The Morgan fingerprint density at radius 2 is 2.12 bits per heavy atom. The van der Waals surface area contributed by atoms with Crippen LogP contribution in [0.15, 0.2) is 21.8 Å². The number of fused-ring (bicyclic) bond motifs is 2. The maximum atomic E-state index is 13.1. The monoisotopic (exact) mass is 507 g/mol. The Morgan fingerprint density at radius 3 is 2.74 bits per heavy atom. The van der Waals surface area contributed by atoms with Gasteiger partial charge in [0.15, 0.2) is 10.8 Å². The number of carboxylic acids is 1. The molecule has 13 heteroatoms. The molecule has 0 radical (unpaired) electrons. The molecule has 5 rings (SSSR count). The van der Waals surface area contributed by atoms with Crippen molar-refractivity contribution < 1.29 is 28.8 Å². The zero-order valence-corrected chi connectivity index (χ0v) is 20.4. The molecule has 2 atom stereocenters. The van der Waals surface area contributed by atoms with Crippen molar-refractivity contribution in [2.24, 2.45) is 5.16 Å². The lowest BCUT2D eigenvalue weighted by molar-refractivity contribution is -0.922. The fourth-order valence-corrected chi connectivity index (χ4v) is 7.71. The van der Waals surface area contributed by atoms with Gasteiger partial charge in [0, 0.05) is 42.4 Å². The van der Waals surface area contributed by atoms with Crippen LogP contribution in [0.2, 0.25) is 0 Å². The van der Waals surface area contributed by atoms with Crippen molar-refractivity contribution in [2.75, 3.05) is 38.2 Å². The van der Waals surface area contributed by atoms with Gasteiger partial charge in [-0.3, -0.25) is 14.5 Å². The van der Waals surface area contributed by atoms with Crippen molar-refractivity contribution in [3.8, 4) is 0 Å². The van der Waals surface area contributed by atoms with Crippen LogP contribution in [0.4, 0.5) is 5.13 Å². The minimum absolute atomic E-state index is 0.0855. The first-order valence-corrected chi connectivity index (χ1v) is 13.2. The molecule has 4 N–H and O–H groups in total. The smallest absolute Gasteiger partial charge is 0.352 e. The van der Waals surface area contributed by atoms with Crippen LogP contribution in [0.1, 0.15) is 31.4 Å². The predicted molar refractivity (Wildman–Crippen MR) is 127 cm³/mol. The van der Waals surface area contributed by atoms with Crippen LogP contribution >= 0.6 is 23.1 Å². The van der Waals surface area contributed by atoms with E-state index in [1.807, 2.05) is 0 Å². The van der Waals surface area contributed by atoms with E-state index < -0.39 is 29.2 Å². The molecular weight excluding hydrogens is 480 g/mol. The number of anilines is 1. The normalized spacial score (nSPS) is 30.6. The minimum Gasteiger partial charge on any atom is -0.477 e. The van der Waals surface area contributed by atoms with E-state index in [0.29, 0.717) is 18.3 Å². The van der Waals surface area contributed by atoms with Crippen LogP contribution in [0.25, 0.3) is 0 Å². The number of nitrogens with one attached hydrogen (secondary N) is 1. The highest BCUT2D eigenvalue weighted by molar-refractivity contribution is 8.00. The number of carboxylic acid groups (broad SMARTS) is 1. The second kappa shape index (κ2) is 8.86. The van der Waals surface area contributed by atoms with Crippen molar-refractivity contribution in [1.82, 2.24) is 15.2 Å². The lowest BCUT2D eigenvalue weighted by Crippen LogP contribution is -2.71. The average molecular weight is 508 g/mol. The number of quaternary nitrogens is 1. The maximum absolute atomic E-state index is 13.1. The van der Waals surface area contributed by atoms with Crippen LogP contribution in [0.5, 0.6) is 0 Å². The third-order valence-electron chi connectivity index (χ3n) is 7.26. The number of rotatable bonds is 7. The van der Waals surface area contributed by atoms with E-state index in [1.54, 1.807) is 5.38 Å². The Morgan fingerprint density at radius 1 is 1.38 bits per heavy atom. The largest absolute Gasteiger partial charge is 0.477 e. The highest BCUT2D eigenvalue weighted by Gasteiger charge is 2.56. The first kappa shape index (κ1) is 23.1. The number of nitrogens with two attached hydrogens (primary N) is 1. The summed E-state index contributed by atoms with van der Waals surface area (Å²) in [6, 6.07) is -0.257. The Bertz CT molecular complexity index is 1090. The van der Waals surface area contributed by atoms with Crippen LogP contribution in [-0.4, -0.2) is 92.9 Å². The number of hydrogen-bond donors (Lipinski definition) is 3. The summed E-state index contributed by atoms with van der Waals surface area (Å²) >= 11 is 2.64. The van der Waals surface area contributed by atoms with Crippen molar-refractivity contribution in [3.05, 3.63) is 22.3 Å². The molecule has 0 unspecified atom stereocenters. The number of carbonyl (C=O) groups excluding carboxylic acids is 2. The molecule has 0 bridgehead atoms. The molecule has 2 amide bonds. The number of oxime groups is 1. The van der Waals surface area contributed by atoms with E-state index in [9.17, 15) is 19.5 Å². The third-order valence-corrected chi connectivity index (χ3v) is 9.27. The van der Waals surface area contributed by atoms with Gasteiger partial charge in [0.2, 0.25) is 0 Å². The molecule has 11 nitrogen and oxygen atoms in total. The van der Waals surface area contributed by atoms with Gasteiger partial charge in [0.1, 0.15) is 36.5 Å². The number of nitrogens with zero attached hydrogens (tertiary/aromatic N) is 4. The molecule has 0 spiro atoms. The van der Waals surface area contributed by atoms with E-state index in [1.165, 1.54) is 49.5 Å².